The second-order valence-electron chi connectivity index (χ2n) is 3.25. The van der Waals surface area contributed by atoms with Crippen molar-refractivity contribution >= 4 is 0 Å². The summed E-state index contributed by atoms with van der Waals surface area (Å²) in [5.74, 6) is 0. The van der Waals surface area contributed by atoms with Crippen LogP contribution < -0.4 is 0 Å². The average molecular weight is 360 g/mol. The van der Waals surface area contributed by atoms with Gasteiger partial charge in [-0.3, -0.25) is 0 Å². The molecule has 0 amide bonds. The Labute approximate surface area is 103 Å². The van der Waals surface area contributed by atoms with Crippen molar-refractivity contribution in [3.8, 4) is 0 Å². The first kappa shape index (κ1) is 16.3. The van der Waals surface area contributed by atoms with Crippen molar-refractivity contribution in [2.45, 2.75) is 41.5 Å². The maximum absolute atomic E-state index is 3.35. The maximum Gasteiger partial charge on any atom is 2.00 e. The first-order chi connectivity index (χ1) is 6.04. The van der Waals surface area contributed by atoms with Gasteiger partial charge in [-0.2, -0.15) is 40.8 Å². The summed E-state index contributed by atoms with van der Waals surface area (Å²) in [7, 11) is 0. The van der Waals surface area contributed by atoms with E-state index < -0.39 is 0 Å². The Kier molecular flexibility index (Phi) is 8.44. The van der Waals surface area contributed by atoms with E-state index in [1.165, 1.54) is 27.8 Å². The van der Waals surface area contributed by atoms with Crippen LogP contribution in [0.1, 0.15) is 34.7 Å². The smallest absolute Gasteiger partial charge is 0.346 e. The van der Waals surface area contributed by atoms with Crippen molar-refractivity contribution in [1.29, 1.82) is 0 Å². The third-order valence-electron chi connectivity index (χ3n) is 2.62. The van der Waals surface area contributed by atoms with E-state index in [0.29, 0.717) is 0 Å². The Morgan fingerprint density at radius 3 is 1.29 bits per heavy atom. The molecule has 0 aliphatic carbocycles. The molecule has 0 atom stereocenters. The molecular formula is C13H20W. The molecule has 0 saturated carbocycles. The van der Waals surface area contributed by atoms with E-state index in [1.807, 2.05) is 0 Å². The summed E-state index contributed by atoms with van der Waals surface area (Å²) in [6, 6.07) is 3.35. The van der Waals surface area contributed by atoms with Gasteiger partial charge >= 0.3 is 21.1 Å². The Bertz CT molecular complexity index is 262. The fraction of sp³-hybridized carbons (Fsp3) is 0.462. The van der Waals surface area contributed by atoms with E-state index in [-0.39, 0.29) is 21.1 Å². The van der Waals surface area contributed by atoms with E-state index in [0.717, 1.165) is 0 Å². The van der Waals surface area contributed by atoms with Crippen LogP contribution in [-0.2, 0) is 21.1 Å². The zero-order valence-electron chi connectivity index (χ0n) is 10.1. The minimum absolute atomic E-state index is 0. The van der Waals surface area contributed by atoms with E-state index in [2.05, 4.69) is 47.6 Å². The normalized spacial score (nSPS) is 8.50. The number of hydrogen-bond donors (Lipinski definition) is 0. The van der Waals surface area contributed by atoms with Gasteiger partial charge in [0.05, 0.1) is 0 Å². The van der Waals surface area contributed by atoms with Crippen LogP contribution in [0.2, 0.25) is 0 Å². The second-order valence-corrected chi connectivity index (χ2v) is 3.25. The van der Waals surface area contributed by atoms with Crippen molar-refractivity contribution in [3.63, 3.8) is 0 Å². The summed E-state index contributed by atoms with van der Waals surface area (Å²) < 4.78 is 0. The molecule has 0 aliphatic heterocycles. The molecule has 0 saturated heterocycles. The van der Waals surface area contributed by atoms with Crippen LogP contribution in [-0.4, -0.2) is 0 Å². The maximum atomic E-state index is 3.35. The molecule has 0 spiro atoms. The fourth-order valence-electron chi connectivity index (χ4n) is 1.31. The van der Waals surface area contributed by atoms with Gasteiger partial charge in [-0.25, -0.2) is 0 Å². The molecular weight excluding hydrogens is 340 g/mol. The first-order valence-electron chi connectivity index (χ1n) is 4.71. The van der Waals surface area contributed by atoms with Gasteiger partial charge in [0.15, 0.2) is 0 Å². The van der Waals surface area contributed by atoms with Crippen molar-refractivity contribution in [2.24, 2.45) is 0 Å². The number of rotatable bonds is 0. The third-order valence-corrected chi connectivity index (χ3v) is 2.62. The number of benzene rings is 1. The van der Waals surface area contributed by atoms with E-state index in [4.69, 9.17) is 0 Å². The summed E-state index contributed by atoms with van der Waals surface area (Å²) in [4.78, 5) is 0. The van der Waals surface area contributed by atoms with Gasteiger partial charge in [-0.15, -0.1) is 0 Å². The van der Waals surface area contributed by atoms with E-state index in [1.54, 1.807) is 6.92 Å². The predicted octanol–water partition coefficient (Wildman–Crippen LogP) is 3.87. The molecule has 0 heterocycles. The predicted molar refractivity (Wildman–Crippen MR) is 60.0 cm³/mol. The Morgan fingerprint density at radius 1 is 0.714 bits per heavy atom. The average Bonchev–Trinajstić information content (AvgIpc) is 2.15. The zero-order valence-corrected chi connectivity index (χ0v) is 13.0. The van der Waals surface area contributed by atoms with Crippen molar-refractivity contribution in [3.05, 3.63) is 40.8 Å². The summed E-state index contributed by atoms with van der Waals surface area (Å²) in [5.41, 5.74) is 6.75. The van der Waals surface area contributed by atoms with Crippen LogP contribution in [0.3, 0.4) is 0 Å². The Morgan fingerprint density at radius 2 is 1.00 bits per heavy atom. The molecule has 0 unspecified atom stereocenters. The van der Waals surface area contributed by atoms with Crippen molar-refractivity contribution in [2.75, 3.05) is 0 Å². The number of aryl methyl sites for hydroxylation is 2. The summed E-state index contributed by atoms with van der Waals surface area (Å²) in [6.45, 7) is 15.7. The Balaban J connectivity index is 0. The molecule has 0 bridgehead atoms. The Hall–Kier alpha value is -0.0917. The monoisotopic (exact) mass is 360 g/mol. The molecule has 1 heteroatoms. The quantitative estimate of drug-likeness (QED) is 0.617. The molecule has 1 aromatic carbocycles. The second kappa shape index (κ2) is 7.23. The molecule has 0 fully saturated rings. The standard InChI is InChI=1S/C11H15.C2H5.W/c1-7-6-8(2)10(4)11(5)9(7)3;1-2;/h1-5H3;1H2,2H3;/q2*-1;+2. The van der Waals surface area contributed by atoms with Gasteiger partial charge in [0.2, 0.25) is 0 Å². The molecule has 14 heavy (non-hydrogen) atoms. The van der Waals surface area contributed by atoms with Crippen LogP contribution in [0.25, 0.3) is 0 Å². The van der Waals surface area contributed by atoms with Crippen LogP contribution in [0.4, 0.5) is 0 Å². The van der Waals surface area contributed by atoms with Gasteiger partial charge < -0.3 is 6.92 Å². The minimum Gasteiger partial charge on any atom is -0.346 e. The van der Waals surface area contributed by atoms with Gasteiger partial charge in [0.1, 0.15) is 0 Å². The topological polar surface area (TPSA) is 0 Å². The molecule has 0 aliphatic rings. The minimum atomic E-state index is 0. The zero-order chi connectivity index (χ0) is 10.6. The van der Waals surface area contributed by atoms with Crippen LogP contribution in [0, 0.1) is 47.6 Å². The molecule has 0 N–H and O–H groups in total. The molecule has 1 rings (SSSR count). The number of hydrogen-bond acceptors (Lipinski definition) is 0. The third kappa shape index (κ3) is 3.58. The fourth-order valence-corrected chi connectivity index (χ4v) is 1.31. The van der Waals surface area contributed by atoms with Crippen molar-refractivity contribution < 1.29 is 21.1 Å². The molecule has 78 valence electrons. The molecule has 1 aromatic rings. The van der Waals surface area contributed by atoms with Gasteiger partial charge in [0, 0.05) is 0 Å². The van der Waals surface area contributed by atoms with Gasteiger partial charge in [0.25, 0.3) is 0 Å². The molecule has 0 nitrogen and oxygen atoms in total. The van der Waals surface area contributed by atoms with Crippen LogP contribution >= 0.6 is 0 Å². The van der Waals surface area contributed by atoms with Crippen molar-refractivity contribution in [1.82, 2.24) is 0 Å². The van der Waals surface area contributed by atoms with Gasteiger partial charge in [-0.1, -0.05) is 34.6 Å². The summed E-state index contributed by atoms with van der Waals surface area (Å²) >= 11 is 0. The summed E-state index contributed by atoms with van der Waals surface area (Å²) in [5, 5.41) is 0. The first-order valence-corrected chi connectivity index (χ1v) is 4.71. The van der Waals surface area contributed by atoms with E-state index >= 15 is 0 Å². The van der Waals surface area contributed by atoms with Crippen LogP contribution in [0.5, 0.6) is 0 Å². The summed E-state index contributed by atoms with van der Waals surface area (Å²) in [6.07, 6.45) is 0. The van der Waals surface area contributed by atoms with Crippen LogP contribution in [0.15, 0.2) is 0 Å². The molecule has 0 radical (unpaired) electrons. The molecule has 0 aromatic heterocycles. The van der Waals surface area contributed by atoms with E-state index in [9.17, 15) is 0 Å². The SMILES string of the molecule is Cc1[c-]c(C)c(C)c(C)c1C.[CH2-]C.[W+2]. The van der Waals surface area contributed by atoms with Gasteiger partial charge in [-0.05, 0) is 0 Å². The largest absolute Gasteiger partial charge is 2.00 e.